The van der Waals surface area contributed by atoms with Crippen LogP contribution in [-0.4, -0.2) is 60.8 Å². The van der Waals surface area contributed by atoms with E-state index in [-0.39, 0.29) is 5.60 Å². The predicted octanol–water partition coefficient (Wildman–Crippen LogP) is 2.75. The highest BCUT2D eigenvalue weighted by molar-refractivity contribution is 7.99. The molecule has 118 valence electrons. The van der Waals surface area contributed by atoms with E-state index in [1.807, 2.05) is 0 Å². The Morgan fingerprint density at radius 1 is 1.25 bits per heavy atom. The fourth-order valence-corrected chi connectivity index (χ4v) is 4.70. The summed E-state index contributed by atoms with van der Waals surface area (Å²) in [5, 5.41) is 3.79. The van der Waals surface area contributed by atoms with Gasteiger partial charge in [0, 0.05) is 25.7 Å². The maximum absolute atomic E-state index is 6.16. The number of ether oxygens (including phenoxy) is 1. The number of likely N-dealkylation sites (N-methyl/N-ethyl adjacent to an activating group) is 1. The van der Waals surface area contributed by atoms with Crippen molar-refractivity contribution in [1.29, 1.82) is 0 Å². The third-order valence-electron chi connectivity index (χ3n) is 4.75. The minimum absolute atomic E-state index is 0.217. The molecule has 1 unspecified atom stereocenters. The third kappa shape index (κ3) is 4.90. The Bertz CT molecular complexity index is 264. The molecule has 0 aromatic carbocycles. The molecule has 2 rings (SSSR count). The summed E-state index contributed by atoms with van der Waals surface area (Å²) in [6, 6.07) is 0.673. The van der Waals surface area contributed by atoms with Gasteiger partial charge in [0.1, 0.15) is 0 Å². The van der Waals surface area contributed by atoms with Crippen LogP contribution >= 0.6 is 11.8 Å². The molecule has 4 heteroatoms. The molecule has 0 aromatic rings. The Balaban J connectivity index is 1.70. The average Bonchev–Trinajstić information content (AvgIpc) is 2.47. The van der Waals surface area contributed by atoms with E-state index < -0.39 is 0 Å². The quantitative estimate of drug-likeness (QED) is 0.781. The molecule has 1 N–H and O–H groups in total. The summed E-state index contributed by atoms with van der Waals surface area (Å²) in [6.07, 6.45) is 6.19. The SMILES string of the molecule is CCCN(CC)CCNC1CCOC2(CCSCC2)C1. The molecule has 0 amide bonds. The topological polar surface area (TPSA) is 24.5 Å². The van der Waals surface area contributed by atoms with Crippen molar-refractivity contribution in [1.82, 2.24) is 10.2 Å². The second-order valence-electron chi connectivity index (χ2n) is 6.22. The average molecular weight is 301 g/mol. The van der Waals surface area contributed by atoms with Crippen LogP contribution < -0.4 is 5.32 Å². The molecule has 0 aliphatic carbocycles. The van der Waals surface area contributed by atoms with Crippen LogP contribution in [0, 0.1) is 0 Å². The molecular weight excluding hydrogens is 268 g/mol. The molecule has 2 saturated heterocycles. The molecule has 0 radical (unpaired) electrons. The van der Waals surface area contributed by atoms with Gasteiger partial charge < -0.3 is 15.0 Å². The molecule has 0 saturated carbocycles. The molecule has 20 heavy (non-hydrogen) atoms. The van der Waals surface area contributed by atoms with Gasteiger partial charge in [-0.1, -0.05) is 13.8 Å². The normalized spacial score (nSPS) is 26.2. The monoisotopic (exact) mass is 300 g/mol. The minimum Gasteiger partial charge on any atom is -0.375 e. The van der Waals surface area contributed by atoms with Crippen molar-refractivity contribution in [3.63, 3.8) is 0 Å². The highest BCUT2D eigenvalue weighted by Crippen LogP contribution is 2.37. The zero-order valence-electron chi connectivity index (χ0n) is 13.3. The molecule has 2 aliphatic heterocycles. The molecule has 1 spiro atoms. The lowest BCUT2D eigenvalue weighted by Crippen LogP contribution is -2.50. The summed E-state index contributed by atoms with van der Waals surface area (Å²) >= 11 is 2.09. The van der Waals surface area contributed by atoms with Crippen LogP contribution in [0.3, 0.4) is 0 Å². The fraction of sp³-hybridized carbons (Fsp3) is 1.00. The number of rotatable bonds is 7. The van der Waals surface area contributed by atoms with E-state index in [0.29, 0.717) is 6.04 Å². The van der Waals surface area contributed by atoms with Gasteiger partial charge >= 0.3 is 0 Å². The van der Waals surface area contributed by atoms with Crippen molar-refractivity contribution in [3.8, 4) is 0 Å². The van der Waals surface area contributed by atoms with Crippen LogP contribution in [0.2, 0.25) is 0 Å². The largest absolute Gasteiger partial charge is 0.375 e. The van der Waals surface area contributed by atoms with Gasteiger partial charge in [-0.25, -0.2) is 0 Å². The maximum Gasteiger partial charge on any atom is 0.0713 e. The molecular formula is C16H32N2OS. The van der Waals surface area contributed by atoms with Crippen LogP contribution in [0.4, 0.5) is 0 Å². The number of nitrogens with zero attached hydrogens (tertiary/aromatic N) is 1. The Morgan fingerprint density at radius 2 is 2.05 bits per heavy atom. The second kappa shape index (κ2) is 8.62. The molecule has 0 aromatic heterocycles. The van der Waals surface area contributed by atoms with Gasteiger partial charge in [0.05, 0.1) is 5.60 Å². The summed E-state index contributed by atoms with van der Waals surface area (Å²) in [5.41, 5.74) is 0.217. The van der Waals surface area contributed by atoms with Crippen molar-refractivity contribution < 1.29 is 4.74 Å². The van der Waals surface area contributed by atoms with E-state index in [9.17, 15) is 0 Å². The summed E-state index contributed by atoms with van der Waals surface area (Å²) in [5.74, 6) is 2.57. The number of hydrogen-bond acceptors (Lipinski definition) is 4. The first-order valence-corrected chi connectivity index (χ1v) is 9.61. The van der Waals surface area contributed by atoms with E-state index in [1.54, 1.807) is 0 Å². The Morgan fingerprint density at radius 3 is 2.75 bits per heavy atom. The van der Waals surface area contributed by atoms with Crippen molar-refractivity contribution >= 4 is 11.8 Å². The number of thioether (sulfide) groups is 1. The summed E-state index contributed by atoms with van der Waals surface area (Å²) in [4.78, 5) is 2.54. The zero-order chi connectivity index (χ0) is 14.3. The van der Waals surface area contributed by atoms with Crippen LogP contribution in [-0.2, 0) is 4.74 Å². The maximum atomic E-state index is 6.16. The first kappa shape index (κ1) is 16.6. The van der Waals surface area contributed by atoms with Gasteiger partial charge in [0.15, 0.2) is 0 Å². The molecule has 3 nitrogen and oxygen atoms in total. The summed E-state index contributed by atoms with van der Waals surface area (Å²) in [6.45, 7) is 10.2. The van der Waals surface area contributed by atoms with Gasteiger partial charge in [0.25, 0.3) is 0 Å². The zero-order valence-corrected chi connectivity index (χ0v) is 14.1. The Kier molecular flexibility index (Phi) is 7.15. The van der Waals surface area contributed by atoms with E-state index in [1.165, 1.54) is 63.2 Å². The second-order valence-corrected chi connectivity index (χ2v) is 7.45. The van der Waals surface area contributed by atoms with E-state index in [2.05, 4.69) is 35.8 Å². The van der Waals surface area contributed by atoms with Crippen molar-refractivity contribution in [2.75, 3.05) is 44.3 Å². The fourth-order valence-electron chi connectivity index (χ4n) is 3.46. The molecule has 2 fully saturated rings. The number of nitrogens with one attached hydrogen (secondary N) is 1. The first-order valence-electron chi connectivity index (χ1n) is 8.45. The highest BCUT2D eigenvalue weighted by Gasteiger charge is 2.38. The number of hydrogen-bond donors (Lipinski definition) is 1. The third-order valence-corrected chi connectivity index (χ3v) is 5.73. The predicted molar refractivity (Wildman–Crippen MR) is 88.7 cm³/mol. The van der Waals surface area contributed by atoms with Crippen LogP contribution in [0.25, 0.3) is 0 Å². The lowest BCUT2D eigenvalue weighted by atomic mass is 9.85. The molecule has 0 bridgehead atoms. The van der Waals surface area contributed by atoms with Crippen molar-refractivity contribution in [2.24, 2.45) is 0 Å². The van der Waals surface area contributed by atoms with E-state index in [4.69, 9.17) is 4.74 Å². The van der Waals surface area contributed by atoms with Gasteiger partial charge in [-0.3, -0.25) is 0 Å². The van der Waals surface area contributed by atoms with Crippen molar-refractivity contribution in [3.05, 3.63) is 0 Å². The lowest BCUT2D eigenvalue weighted by Gasteiger charge is -2.43. The Labute approximate surface area is 129 Å². The van der Waals surface area contributed by atoms with Crippen LogP contribution in [0.5, 0.6) is 0 Å². The lowest BCUT2D eigenvalue weighted by molar-refractivity contribution is -0.0931. The van der Waals surface area contributed by atoms with Crippen LogP contribution in [0.15, 0.2) is 0 Å². The smallest absolute Gasteiger partial charge is 0.0713 e. The Hall–Kier alpha value is 0.230. The van der Waals surface area contributed by atoms with Crippen LogP contribution in [0.1, 0.15) is 46.0 Å². The molecule has 2 aliphatic rings. The van der Waals surface area contributed by atoms with E-state index in [0.717, 1.165) is 13.2 Å². The molecule has 2 heterocycles. The van der Waals surface area contributed by atoms with Gasteiger partial charge in [-0.2, -0.15) is 11.8 Å². The van der Waals surface area contributed by atoms with E-state index >= 15 is 0 Å². The summed E-state index contributed by atoms with van der Waals surface area (Å²) in [7, 11) is 0. The summed E-state index contributed by atoms with van der Waals surface area (Å²) < 4.78 is 6.16. The first-order chi connectivity index (χ1) is 9.78. The van der Waals surface area contributed by atoms with Crippen molar-refractivity contribution in [2.45, 2.75) is 57.6 Å². The standard InChI is InChI=1S/C16H32N2OS/c1-3-9-18(4-2)10-8-17-15-5-11-19-16(14-15)6-12-20-13-7-16/h15,17H,3-14H2,1-2H3. The van der Waals surface area contributed by atoms with Gasteiger partial charge in [-0.15, -0.1) is 0 Å². The molecule has 1 atom stereocenters. The van der Waals surface area contributed by atoms with Gasteiger partial charge in [0.2, 0.25) is 0 Å². The highest BCUT2D eigenvalue weighted by atomic mass is 32.2. The minimum atomic E-state index is 0.217. The van der Waals surface area contributed by atoms with Gasteiger partial charge in [-0.05, 0) is 56.7 Å².